The zero-order valence-electron chi connectivity index (χ0n) is 17.7. The van der Waals surface area contributed by atoms with Crippen molar-refractivity contribution in [3.05, 3.63) is 11.6 Å². The molecule has 0 amide bonds. The zero-order valence-corrected chi connectivity index (χ0v) is 20.6. The summed E-state index contributed by atoms with van der Waals surface area (Å²) in [7, 11) is 1.68. The molecule has 4 heteroatoms. The SMILES string of the molecule is CCC[CH2][Sn]([CH2]CCC)([CH2]CCC)[CH2]/C(C)=C/COCOCCOC. The monoisotopic (exact) mass is 464 g/mol. The minimum atomic E-state index is -2.04. The van der Waals surface area contributed by atoms with Crippen LogP contribution < -0.4 is 0 Å². The van der Waals surface area contributed by atoms with Crippen molar-refractivity contribution in [1.29, 1.82) is 0 Å². The van der Waals surface area contributed by atoms with E-state index in [0.717, 1.165) is 0 Å². The van der Waals surface area contributed by atoms with Gasteiger partial charge in [0.25, 0.3) is 0 Å². The van der Waals surface area contributed by atoms with Crippen LogP contribution in [0.25, 0.3) is 0 Å². The van der Waals surface area contributed by atoms with Gasteiger partial charge in [0.2, 0.25) is 0 Å². The number of rotatable bonds is 18. The van der Waals surface area contributed by atoms with Gasteiger partial charge in [-0.15, -0.1) is 0 Å². The van der Waals surface area contributed by atoms with Crippen LogP contribution in [0.15, 0.2) is 11.6 Å². The average molecular weight is 463 g/mol. The van der Waals surface area contributed by atoms with Crippen molar-refractivity contribution in [1.82, 2.24) is 0 Å². The summed E-state index contributed by atoms with van der Waals surface area (Å²) >= 11 is -2.04. The van der Waals surface area contributed by atoms with Crippen molar-refractivity contribution >= 4 is 18.4 Å². The van der Waals surface area contributed by atoms with Crippen molar-refractivity contribution in [3.8, 4) is 0 Å². The predicted molar refractivity (Wildman–Crippen MR) is 112 cm³/mol. The summed E-state index contributed by atoms with van der Waals surface area (Å²) in [5, 5.41) is 0. The van der Waals surface area contributed by atoms with E-state index in [1.54, 1.807) is 26.0 Å². The van der Waals surface area contributed by atoms with Gasteiger partial charge in [-0.05, 0) is 0 Å². The Bertz CT molecular complexity index is 296. The fourth-order valence-electron chi connectivity index (χ4n) is 3.47. The molecule has 0 aliphatic carbocycles. The number of hydrogen-bond acceptors (Lipinski definition) is 3. The molecule has 0 bridgehead atoms. The van der Waals surface area contributed by atoms with E-state index in [-0.39, 0.29) is 0 Å². The van der Waals surface area contributed by atoms with Crippen LogP contribution in [-0.2, 0) is 14.2 Å². The third-order valence-electron chi connectivity index (χ3n) is 4.98. The molecule has 0 fully saturated rings. The van der Waals surface area contributed by atoms with Crippen molar-refractivity contribution in [2.24, 2.45) is 0 Å². The summed E-state index contributed by atoms with van der Waals surface area (Å²) in [4.78, 5) is 0. The standard InChI is InChI=1S/C9H17O3.3C4H9.Sn/c1-9(2)4-5-11-8-12-7-6-10-3;3*1-3-4-2;/h4H,1,5-8H2,2-3H3;3*1,3-4H2,2H3;/b9-4-;;;;. The number of methoxy groups -OCH3 is 1. The molecule has 0 aromatic heterocycles. The molecular weight excluding hydrogens is 419 g/mol. The Balaban J connectivity index is 4.52. The molecule has 0 radical (unpaired) electrons. The van der Waals surface area contributed by atoms with Gasteiger partial charge < -0.3 is 0 Å². The molecule has 0 unspecified atom stereocenters. The molecule has 0 rings (SSSR count). The second-order valence-corrected chi connectivity index (χ2v) is 21.3. The number of hydrogen-bond donors (Lipinski definition) is 0. The first-order valence-electron chi connectivity index (χ1n) is 10.4. The first-order valence-corrected chi connectivity index (χ1v) is 18.5. The molecule has 0 atom stereocenters. The van der Waals surface area contributed by atoms with E-state index < -0.39 is 18.4 Å². The van der Waals surface area contributed by atoms with E-state index in [9.17, 15) is 0 Å². The van der Waals surface area contributed by atoms with Crippen LogP contribution >= 0.6 is 0 Å². The molecule has 25 heavy (non-hydrogen) atoms. The Morgan fingerprint density at radius 3 is 1.88 bits per heavy atom. The van der Waals surface area contributed by atoms with Crippen LogP contribution in [0, 0.1) is 0 Å². The topological polar surface area (TPSA) is 27.7 Å². The molecule has 0 saturated heterocycles. The van der Waals surface area contributed by atoms with Crippen LogP contribution in [0.3, 0.4) is 0 Å². The summed E-state index contributed by atoms with van der Waals surface area (Å²) < 4.78 is 22.1. The molecule has 0 saturated carbocycles. The van der Waals surface area contributed by atoms with E-state index in [2.05, 4.69) is 33.8 Å². The Morgan fingerprint density at radius 2 is 1.40 bits per heavy atom. The maximum atomic E-state index is 5.58. The Kier molecular flexibility index (Phi) is 18.1. The Labute approximate surface area is 161 Å². The molecule has 3 nitrogen and oxygen atoms in total. The molecular formula is C21H44O3Sn. The number of unbranched alkanes of at least 4 members (excludes halogenated alkanes) is 3. The van der Waals surface area contributed by atoms with E-state index in [0.29, 0.717) is 26.6 Å². The first-order chi connectivity index (χ1) is 12.1. The van der Waals surface area contributed by atoms with Crippen molar-refractivity contribution in [2.75, 3.05) is 33.7 Å². The fourth-order valence-corrected chi connectivity index (χ4v) is 20.4. The summed E-state index contributed by atoms with van der Waals surface area (Å²) in [6.07, 6.45) is 10.7. The van der Waals surface area contributed by atoms with Crippen LogP contribution in [-0.4, -0.2) is 52.1 Å². The van der Waals surface area contributed by atoms with Crippen LogP contribution in [0.1, 0.15) is 66.2 Å². The first kappa shape index (κ1) is 25.4. The average Bonchev–Trinajstić information content (AvgIpc) is 2.62. The van der Waals surface area contributed by atoms with Gasteiger partial charge in [0, 0.05) is 0 Å². The van der Waals surface area contributed by atoms with Gasteiger partial charge in [0.15, 0.2) is 0 Å². The zero-order chi connectivity index (χ0) is 18.8. The van der Waals surface area contributed by atoms with Gasteiger partial charge in [-0.2, -0.15) is 0 Å². The van der Waals surface area contributed by atoms with Gasteiger partial charge in [-0.3, -0.25) is 0 Å². The second-order valence-electron chi connectivity index (χ2n) is 7.43. The summed E-state index contributed by atoms with van der Waals surface area (Å²) in [6, 6.07) is 0. The summed E-state index contributed by atoms with van der Waals surface area (Å²) in [5.74, 6) is 0. The van der Waals surface area contributed by atoms with Gasteiger partial charge >= 0.3 is 162 Å². The normalized spacial score (nSPS) is 12.8. The molecule has 0 N–H and O–H groups in total. The predicted octanol–water partition coefficient (Wildman–Crippen LogP) is 6.42. The van der Waals surface area contributed by atoms with Crippen LogP contribution in [0.4, 0.5) is 0 Å². The molecule has 150 valence electrons. The third-order valence-corrected chi connectivity index (χ3v) is 20.8. The number of ether oxygens (including phenoxy) is 3. The van der Waals surface area contributed by atoms with Crippen molar-refractivity contribution in [2.45, 2.75) is 84.0 Å². The van der Waals surface area contributed by atoms with Crippen LogP contribution in [0.5, 0.6) is 0 Å². The summed E-state index contributed by atoms with van der Waals surface area (Å²) in [6.45, 7) is 11.6. The second kappa shape index (κ2) is 17.8. The van der Waals surface area contributed by atoms with E-state index >= 15 is 0 Å². The van der Waals surface area contributed by atoms with Crippen LogP contribution in [0.2, 0.25) is 17.7 Å². The molecule has 0 aromatic carbocycles. The van der Waals surface area contributed by atoms with E-state index in [1.165, 1.54) is 43.0 Å². The Morgan fingerprint density at radius 1 is 0.840 bits per heavy atom. The van der Waals surface area contributed by atoms with Crippen molar-refractivity contribution < 1.29 is 14.2 Å². The molecule has 0 aromatic rings. The van der Waals surface area contributed by atoms with Gasteiger partial charge in [-0.25, -0.2) is 0 Å². The Hall–Kier alpha value is 0.419. The molecule has 0 heterocycles. The fraction of sp³-hybridized carbons (Fsp3) is 0.905. The number of allylic oxidation sites excluding steroid dienone is 1. The van der Waals surface area contributed by atoms with E-state index in [4.69, 9.17) is 14.2 Å². The van der Waals surface area contributed by atoms with E-state index in [1.807, 2.05) is 0 Å². The van der Waals surface area contributed by atoms with Crippen molar-refractivity contribution in [3.63, 3.8) is 0 Å². The quantitative estimate of drug-likeness (QED) is 0.102. The van der Waals surface area contributed by atoms with Gasteiger partial charge in [0.05, 0.1) is 0 Å². The minimum absolute atomic E-state index is 0.364. The molecule has 0 aliphatic heterocycles. The summed E-state index contributed by atoms with van der Waals surface area (Å²) in [5.41, 5.74) is 1.57. The third kappa shape index (κ3) is 14.2. The maximum absolute atomic E-state index is 5.58. The van der Waals surface area contributed by atoms with Gasteiger partial charge in [-0.1, -0.05) is 0 Å². The van der Waals surface area contributed by atoms with Gasteiger partial charge in [0.1, 0.15) is 0 Å². The molecule has 0 aliphatic rings. The molecule has 0 spiro atoms.